The van der Waals surface area contributed by atoms with Gasteiger partial charge in [-0.05, 0) is 38.5 Å². The summed E-state index contributed by atoms with van der Waals surface area (Å²) in [5.74, 6) is -0.407. The molecule has 4 rings (SSSR count). The molecule has 3 aromatic rings. The van der Waals surface area contributed by atoms with Crippen LogP contribution in [0.2, 0.25) is 0 Å². The summed E-state index contributed by atoms with van der Waals surface area (Å²) in [4.78, 5) is 23.5. The lowest BCUT2D eigenvalue weighted by Crippen LogP contribution is -2.39. The van der Waals surface area contributed by atoms with Crippen molar-refractivity contribution < 1.29 is 26.4 Å². The lowest BCUT2D eigenvalue weighted by Gasteiger charge is -2.30. The second kappa shape index (κ2) is 8.12. The van der Waals surface area contributed by atoms with Crippen LogP contribution < -0.4 is 4.90 Å². The molecule has 0 bridgehead atoms. The third-order valence-electron chi connectivity index (χ3n) is 5.78. The Morgan fingerprint density at radius 1 is 1.11 bits per heavy atom. The van der Waals surface area contributed by atoms with E-state index in [-0.39, 0.29) is 10.6 Å². The van der Waals surface area contributed by atoms with Gasteiger partial charge >= 0.3 is 6.18 Å². The summed E-state index contributed by atoms with van der Waals surface area (Å²) < 4.78 is 65.2. The molecule has 0 saturated heterocycles. The van der Waals surface area contributed by atoms with E-state index < -0.39 is 34.2 Å². The Hall–Kier alpha value is -3.32. The van der Waals surface area contributed by atoms with E-state index in [9.17, 15) is 26.4 Å². The van der Waals surface area contributed by atoms with Crippen LogP contribution in [0.1, 0.15) is 35.5 Å². The van der Waals surface area contributed by atoms with E-state index in [2.05, 4.69) is 15.1 Å². The summed E-state index contributed by atoms with van der Waals surface area (Å²) >= 11 is 0. The average Bonchev–Trinajstić information content (AvgIpc) is 3.26. The Kier molecular flexibility index (Phi) is 5.75. The number of carbonyl (C=O) groups is 1. The van der Waals surface area contributed by atoms with Gasteiger partial charge in [0.2, 0.25) is 10.0 Å². The second-order valence-corrected chi connectivity index (χ2v) is 11.1. The third kappa shape index (κ3) is 4.29. The van der Waals surface area contributed by atoms with Gasteiger partial charge in [0.05, 0.1) is 34.4 Å². The zero-order chi connectivity index (χ0) is 25.9. The van der Waals surface area contributed by atoms with Crippen molar-refractivity contribution in [3.05, 3.63) is 53.7 Å². The van der Waals surface area contributed by atoms with E-state index in [4.69, 9.17) is 0 Å². The number of rotatable bonds is 5. The van der Waals surface area contributed by atoms with Crippen LogP contribution in [-0.2, 0) is 22.1 Å². The highest BCUT2D eigenvalue weighted by Crippen LogP contribution is 2.43. The number of nitrogens with zero attached hydrogens (tertiary/aromatic N) is 6. The van der Waals surface area contributed by atoms with Gasteiger partial charge in [-0.1, -0.05) is 0 Å². The Labute approximate surface area is 200 Å². The molecule has 3 aromatic heterocycles. The molecule has 1 amide bonds. The number of pyridine rings is 2. The van der Waals surface area contributed by atoms with Gasteiger partial charge in [0.15, 0.2) is 0 Å². The first-order valence-electron chi connectivity index (χ1n) is 10.5. The first kappa shape index (κ1) is 24.8. The Balaban J connectivity index is 1.78. The van der Waals surface area contributed by atoms with Crippen LogP contribution in [0.25, 0.3) is 11.3 Å². The molecule has 9 nitrogen and oxygen atoms in total. The van der Waals surface area contributed by atoms with Crippen molar-refractivity contribution in [2.75, 3.05) is 19.0 Å². The molecular weight excluding hydrogens is 485 g/mol. The quantitative estimate of drug-likeness (QED) is 0.524. The highest BCUT2D eigenvalue weighted by Gasteiger charge is 2.47. The number of fused-ring (bicyclic) bond motifs is 1. The topological polar surface area (TPSA) is 101 Å². The number of aryl methyl sites for hydroxylation is 1. The second-order valence-electron chi connectivity index (χ2n) is 8.96. The molecule has 0 radical (unpaired) electrons. The van der Waals surface area contributed by atoms with Crippen molar-refractivity contribution in [2.45, 2.75) is 43.9 Å². The average molecular weight is 509 g/mol. The number of sulfonamides is 1. The minimum atomic E-state index is -4.45. The van der Waals surface area contributed by atoms with Crippen LogP contribution in [-0.4, -0.2) is 58.7 Å². The molecule has 0 saturated carbocycles. The SMILES string of the molecule is Cc1cc(-c2cncc(S(=O)(=O)N(C)C)c2)nc2c1C(=O)N(c1cnn(CC(F)(F)F)c1)C2(C)C. The van der Waals surface area contributed by atoms with Crippen LogP contribution in [0, 0.1) is 6.92 Å². The summed E-state index contributed by atoms with van der Waals surface area (Å²) in [7, 11) is -0.893. The van der Waals surface area contributed by atoms with Gasteiger partial charge in [-0.15, -0.1) is 0 Å². The number of carbonyl (C=O) groups excluding carboxylic acids is 1. The molecule has 1 aliphatic heterocycles. The first-order chi connectivity index (χ1) is 16.1. The summed E-state index contributed by atoms with van der Waals surface area (Å²) in [5.41, 5.74) is 1.41. The van der Waals surface area contributed by atoms with Gasteiger partial charge < -0.3 is 0 Å². The van der Waals surface area contributed by atoms with Crippen LogP contribution in [0.15, 0.2) is 41.8 Å². The smallest absolute Gasteiger partial charge is 0.294 e. The molecule has 0 aliphatic carbocycles. The molecule has 13 heteroatoms. The molecule has 1 aliphatic rings. The van der Waals surface area contributed by atoms with E-state index in [0.29, 0.717) is 28.1 Å². The van der Waals surface area contributed by atoms with E-state index in [1.807, 2.05) is 0 Å². The fourth-order valence-electron chi connectivity index (χ4n) is 4.09. The summed E-state index contributed by atoms with van der Waals surface area (Å²) in [5, 5.41) is 3.76. The summed E-state index contributed by atoms with van der Waals surface area (Å²) in [6.45, 7) is 3.92. The van der Waals surface area contributed by atoms with Crippen molar-refractivity contribution in [3.8, 4) is 11.3 Å². The normalized spacial score (nSPS) is 15.7. The van der Waals surface area contributed by atoms with Crippen molar-refractivity contribution in [1.29, 1.82) is 0 Å². The van der Waals surface area contributed by atoms with E-state index in [1.165, 1.54) is 49.8 Å². The molecule has 0 atom stereocenters. The molecule has 0 N–H and O–H groups in total. The standard InChI is InChI=1S/C22H23F3N6O3S/c1-13-6-17(14-7-16(10-26-8-14)35(33,34)29(4)5)28-19-18(13)20(32)31(21(19,2)3)15-9-27-30(11-15)12-22(23,24)25/h6-11H,12H2,1-5H3. The lowest BCUT2D eigenvalue weighted by molar-refractivity contribution is -0.142. The van der Waals surface area contributed by atoms with Crippen LogP contribution in [0.4, 0.5) is 18.9 Å². The molecule has 4 heterocycles. The Morgan fingerprint density at radius 3 is 2.43 bits per heavy atom. The first-order valence-corrected chi connectivity index (χ1v) is 11.9. The maximum atomic E-state index is 13.4. The van der Waals surface area contributed by atoms with Gasteiger partial charge in [0.25, 0.3) is 5.91 Å². The molecule has 0 fully saturated rings. The lowest BCUT2D eigenvalue weighted by atomic mass is 9.96. The molecule has 35 heavy (non-hydrogen) atoms. The third-order valence-corrected chi connectivity index (χ3v) is 7.56. The van der Waals surface area contributed by atoms with Crippen LogP contribution in [0.3, 0.4) is 0 Å². The number of halogens is 3. The van der Waals surface area contributed by atoms with Crippen LogP contribution in [0.5, 0.6) is 0 Å². The minimum absolute atomic E-state index is 0.00556. The highest BCUT2D eigenvalue weighted by atomic mass is 32.2. The number of aromatic nitrogens is 4. The largest absolute Gasteiger partial charge is 0.408 e. The van der Waals surface area contributed by atoms with Crippen LogP contribution >= 0.6 is 0 Å². The Bertz CT molecular complexity index is 1430. The van der Waals surface area contributed by atoms with Crippen molar-refractivity contribution in [3.63, 3.8) is 0 Å². The van der Waals surface area contributed by atoms with Gasteiger partial charge in [0.1, 0.15) is 11.4 Å². The highest BCUT2D eigenvalue weighted by molar-refractivity contribution is 7.89. The van der Waals surface area contributed by atoms with E-state index >= 15 is 0 Å². The van der Waals surface area contributed by atoms with Gasteiger partial charge in [0, 0.05) is 38.2 Å². The fraction of sp³-hybridized carbons (Fsp3) is 0.364. The monoisotopic (exact) mass is 508 g/mol. The van der Waals surface area contributed by atoms with Crippen molar-refractivity contribution in [1.82, 2.24) is 24.1 Å². The summed E-state index contributed by atoms with van der Waals surface area (Å²) in [6, 6.07) is 3.12. The Morgan fingerprint density at radius 2 is 1.80 bits per heavy atom. The predicted octanol–water partition coefficient (Wildman–Crippen LogP) is 3.36. The van der Waals surface area contributed by atoms with Gasteiger partial charge in [-0.2, -0.15) is 18.3 Å². The van der Waals surface area contributed by atoms with E-state index in [1.54, 1.807) is 26.8 Å². The number of hydrogen-bond donors (Lipinski definition) is 0. The maximum absolute atomic E-state index is 13.4. The number of hydrogen-bond acceptors (Lipinski definition) is 6. The minimum Gasteiger partial charge on any atom is -0.294 e. The zero-order valence-electron chi connectivity index (χ0n) is 19.6. The van der Waals surface area contributed by atoms with Gasteiger partial charge in [-0.3, -0.25) is 19.4 Å². The predicted molar refractivity (Wildman–Crippen MR) is 121 cm³/mol. The molecule has 186 valence electrons. The van der Waals surface area contributed by atoms with Crippen molar-refractivity contribution in [2.24, 2.45) is 0 Å². The molecule has 0 aromatic carbocycles. The summed E-state index contributed by atoms with van der Waals surface area (Å²) in [6.07, 6.45) is 0.659. The van der Waals surface area contributed by atoms with Gasteiger partial charge in [-0.25, -0.2) is 17.7 Å². The molecule has 0 spiro atoms. The van der Waals surface area contributed by atoms with E-state index in [0.717, 1.165) is 8.99 Å². The number of alkyl halides is 3. The molecular formula is C22H23F3N6O3S. The fourth-order valence-corrected chi connectivity index (χ4v) is 4.99. The number of anilines is 1. The number of amides is 1. The maximum Gasteiger partial charge on any atom is 0.408 e. The van der Waals surface area contributed by atoms with Crippen molar-refractivity contribution >= 4 is 21.6 Å². The molecule has 0 unspecified atom stereocenters. The zero-order valence-corrected chi connectivity index (χ0v) is 20.4.